The van der Waals surface area contributed by atoms with Gasteiger partial charge in [-0.25, -0.2) is 4.79 Å². The van der Waals surface area contributed by atoms with Gasteiger partial charge in [-0.3, -0.25) is 14.9 Å². The molecule has 1 fully saturated rings. The smallest absolute Gasteiger partial charge is 0.321 e. The van der Waals surface area contributed by atoms with E-state index < -0.39 is 17.9 Å². The number of carbonyl (C=O) groups excluding carboxylic acids is 2. The fourth-order valence-electron chi connectivity index (χ4n) is 2.25. The first kappa shape index (κ1) is 16.8. The third kappa shape index (κ3) is 6.79. The van der Waals surface area contributed by atoms with Crippen molar-refractivity contribution in [2.45, 2.75) is 56.2 Å². The van der Waals surface area contributed by atoms with Crippen LogP contribution in [0.15, 0.2) is 0 Å². The highest BCUT2D eigenvalue weighted by Gasteiger charge is 2.22. The predicted molar refractivity (Wildman–Crippen MR) is 77.7 cm³/mol. The topological polar surface area (TPSA) is 95.5 Å². The van der Waals surface area contributed by atoms with E-state index in [9.17, 15) is 14.4 Å². The summed E-state index contributed by atoms with van der Waals surface area (Å²) in [4.78, 5) is 33.3. The van der Waals surface area contributed by atoms with Gasteiger partial charge in [-0.05, 0) is 38.4 Å². The SMILES string of the molecule is CSC1CCC(NC(=O)NC(=O)CCCC(=O)O)CC1. The van der Waals surface area contributed by atoms with Gasteiger partial charge in [0.05, 0.1) is 0 Å². The molecule has 0 radical (unpaired) electrons. The first-order valence-electron chi connectivity index (χ1n) is 6.86. The lowest BCUT2D eigenvalue weighted by molar-refractivity contribution is -0.137. The van der Waals surface area contributed by atoms with Gasteiger partial charge in [0, 0.05) is 24.1 Å². The number of rotatable bonds is 6. The summed E-state index contributed by atoms with van der Waals surface area (Å²) in [6.07, 6.45) is 6.37. The van der Waals surface area contributed by atoms with Crippen molar-refractivity contribution in [2.75, 3.05) is 6.26 Å². The van der Waals surface area contributed by atoms with E-state index in [0.29, 0.717) is 5.25 Å². The number of hydrogen-bond donors (Lipinski definition) is 3. The summed E-state index contributed by atoms with van der Waals surface area (Å²) in [6.45, 7) is 0. The van der Waals surface area contributed by atoms with Crippen LogP contribution in [0.3, 0.4) is 0 Å². The van der Waals surface area contributed by atoms with E-state index in [1.54, 1.807) is 0 Å². The molecule has 0 saturated heterocycles. The Hall–Kier alpha value is -1.24. The number of carboxylic acids is 1. The van der Waals surface area contributed by atoms with Crippen LogP contribution in [0, 0.1) is 0 Å². The third-order valence-corrected chi connectivity index (χ3v) is 4.53. The van der Waals surface area contributed by atoms with Crippen LogP contribution in [0.1, 0.15) is 44.9 Å². The van der Waals surface area contributed by atoms with E-state index in [2.05, 4.69) is 16.9 Å². The van der Waals surface area contributed by atoms with Crippen molar-refractivity contribution in [1.29, 1.82) is 0 Å². The fraction of sp³-hybridized carbons (Fsp3) is 0.769. The molecule has 7 heteroatoms. The van der Waals surface area contributed by atoms with E-state index in [1.807, 2.05) is 11.8 Å². The van der Waals surface area contributed by atoms with Gasteiger partial charge in [-0.1, -0.05) is 0 Å². The van der Waals surface area contributed by atoms with Crippen molar-refractivity contribution in [3.8, 4) is 0 Å². The molecular weight excluding hydrogens is 280 g/mol. The number of hydrogen-bond acceptors (Lipinski definition) is 4. The Bertz CT molecular complexity index is 354. The van der Waals surface area contributed by atoms with Crippen LogP contribution in [0.4, 0.5) is 4.79 Å². The number of aliphatic carboxylic acids is 1. The van der Waals surface area contributed by atoms with Gasteiger partial charge in [-0.2, -0.15) is 11.8 Å². The number of amides is 3. The minimum absolute atomic E-state index is 0.0545. The van der Waals surface area contributed by atoms with Gasteiger partial charge >= 0.3 is 12.0 Å². The van der Waals surface area contributed by atoms with Gasteiger partial charge < -0.3 is 10.4 Å². The zero-order chi connectivity index (χ0) is 15.0. The molecule has 1 aliphatic rings. The Morgan fingerprint density at radius 3 is 2.35 bits per heavy atom. The molecule has 0 spiro atoms. The summed E-state index contributed by atoms with van der Waals surface area (Å²) >= 11 is 1.86. The van der Waals surface area contributed by atoms with Crippen molar-refractivity contribution in [1.82, 2.24) is 10.6 Å². The molecule has 0 heterocycles. The van der Waals surface area contributed by atoms with E-state index in [-0.39, 0.29) is 25.3 Å². The van der Waals surface area contributed by atoms with Crippen LogP contribution < -0.4 is 10.6 Å². The van der Waals surface area contributed by atoms with Crippen LogP contribution in [0.5, 0.6) is 0 Å². The molecule has 0 aromatic rings. The number of thioether (sulfide) groups is 1. The van der Waals surface area contributed by atoms with Crippen LogP contribution in [0.2, 0.25) is 0 Å². The molecule has 0 atom stereocenters. The maximum Gasteiger partial charge on any atom is 0.321 e. The highest BCUT2D eigenvalue weighted by molar-refractivity contribution is 7.99. The lowest BCUT2D eigenvalue weighted by Crippen LogP contribution is -2.45. The summed E-state index contributed by atoms with van der Waals surface area (Å²) in [5, 5.41) is 14.2. The Balaban J connectivity index is 2.16. The summed E-state index contributed by atoms with van der Waals surface area (Å²) in [7, 11) is 0. The molecule has 3 amide bonds. The molecule has 114 valence electrons. The molecule has 1 saturated carbocycles. The van der Waals surface area contributed by atoms with Gasteiger partial charge in [0.1, 0.15) is 0 Å². The molecule has 1 rings (SSSR count). The van der Waals surface area contributed by atoms with Crippen LogP contribution in [-0.2, 0) is 9.59 Å². The molecule has 0 aromatic carbocycles. The maximum atomic E-state index is 11.6. The number of carbonyl (C=O) groups is 3. The average Bonchev–Trinajstić information content (AvgIpc) is 2.38. The van der Waals surface area contributed by atoms with Gasteiger partial charge in [0.2, 0.25) is 5.91 Å². The Labute approximate surface area is 123 Å². The van der Waals surface area contributed by atoms with Crippen LogP contribution in [-0.4, -0.2) is 40.6 Å². The van der Waals surface area contributed by atoms with Crippen molar-refractivity contribution < 1.29 is 19.5 Å². The van der Waals surface area contributed by atoms with E-state index in [0.717, 1.165) is 25.7 Å². The first-order chi connectivity index (χ1) is 9.51. The van der Waals surface area contributed by atoms with Crippen LogP contribution >= 0.6 is 11.8 Å². The minimum atomic E-state index is -0.937. The summed E-state index contributed by atoms with van der Waals surface area (Å²) in [5.41, 5.74) is 0. The summed E-state index contributed by atoms with van der Waals surface area (Å²) in [5.74, 6) is -1.37. The number of carboxylic acid groups (broad SMARTS) is 1. The summed E-state index contributed by atoms with van der Waals surface area (Å²) in [6, 6.07) is -0.344. The van der Waals surface area contributed by atoms with Crippen LogP contribution in [0.25, 0.3) is 0 Å². The van der Waals surface area contributed by atoms with Crippen molar-refractivity contribution in [3.63, 3.8) is 0 Å². The monoisotopic (exact) mass is 302 g/mol. The fourth-order valence-corrected chi connectivity index (χ4v) is 3.00. The molecule has 0 unspecified atom stereocenters. The van der Waals surface area contributed by atoms with Gasteiger partial charge in [0.15, 0.2) is 0 Å². The molecule has 1 aliphatic carbocycles. The van der Waals surface area contributed by atoms with Gasteiger partial charge in [0.25, 0.3) is 0 Å². The predicted octanol–water partition coefficient (Wildman–Crippen LogP) is 1.74. The largest absolute Gasteiger partial charge is 0.481 e. The standard InChI is InChI=1S/C13H22N2O4S/c1-20-10-7-5-9(6-8-10)14-13(19)15-11(16)3-2-4-12(17)18/h9-10H,2-8H2,1H3,(H,17,18)(H2,14,15,16,19). The average molecular weight is 302 g/mol. The zero-order valence-corrected chi connectivity index (χ0v) is 12.5. The van der Waals surface area contributed by atoms with E-state index >= 15 is 0 Å². The minimum Gasteiger partial charge on any atom is -0.481 e. The number of imide groups is 1. The molecule has 6 nitrogen and oxygen atoms in total. The van der Waals surface area contributed by atoms with E-state index in [4.69, 9.17) is 5.11 Å². The zero-order valence-electron chi connectivity index (χ0n) is 11.7. The first-order valence-corrected chi connectivity index (χ1v) is 8.15. The Kier molecular flexibility index (Phi) is 7.43. The lowest BCUT2D eigenvalue weighted by atomic mass is 9.95. The molecule has 0 bridgehead atoms. The maximum absolute atomic E-state index is 11.6. The van der Waals surface area contributed by atoms with Gasteiger partial charge in [-0.15, -0.1) is 0 Å². The number of nitrogens with one attached hydrogen (secondary N) is 2. The van der Waals surface area contributed by atoms with Crippen molar-refractivity contribution in [2.24, 2.45) is 0 Å². The second kappa shape index (κ2) is 8.84. The quantitative estimate of drug-likeness (QED) is 0.694. The third-order valence-electron chi connectivity index (χ3n) is 3.39. The molecule has 20 heavy (non-hydrogen) atoms. The highest BCUT2D eigenvalue weighted by Crippen LogP contribution is 2.26. The number of urea groups is 1. The summed E-state index contributed by atoms with van der Waals surface area (Å²) < 4.78 is 0. The lowest BCUT2D eigenvalue weighted by Gasteiger charge is -2.27. The normalized spacial score (nSPS) is 22.1. The van der Waals surface area contributed by atoms with Crippen molar-refractivity contribution >= 4 is 29.7 Å². The van der Waals surface area contributed by atoms with Crippen molar-refractivity contribution in [3.05, 3.63) is 0 Å². The molecule has 0 aromatic heterocycles. The Morgan fingerprint density at radius 2 is 1.80 bits per heavy atom. The van der Waals surface area contributed by atoms with E-state index in [1.165, 1.54) is 0 Å². The molecule has 0 aliphatic heterocycles. The highest BCUT2D eigenvalue weighted by atomic mass is 32.2. The second-order valence-electron chi connectivity index (χ2n) is 4.98. The Morgan fingerprint density at radius 1 is 1.15 bits per heavy atom. The molecule has 3 N–H and O–H groups in total. The second-order valence-corrected chi connectivity index (χ2v) is 6.12. The molecular formula is C13H22N2O4S.